The molecule has 1 atom stereocenters. The van der Waals surface area contributed by atoms with Crippen LogP contribution in [0.2, 0.25) is 0 Å². The molecule has 8 heteroatoms. The largest absolute Gasteiger partial charge is 0.573 e. The van der Waals surface area contributed by atoms with E-state index in [9.17, 15) is 18.0 Å². The second-order valence-corrected chi connectivity index (χ2v) is 8.13. The van der Waals surface area contributed by atoms with Gasteiger partial charge in [-0.2, -0.15) is 0 Å². The molecule has 3 fully saturated rings. The number of ether oxygens (including phenoxy) is 1. The van der Waals surface area contributed by atoms with Crippen molar-refractivity contribution in [3.05, 3.63) is 54.3 Å². The molecule has 3 aromatic rings. The van der Waals surface area contributed by atoms with Gasteiger partial charge in [0.2, 0.25) is 0 Å². The Hall–Kier alpha value is -3.00. The second-order valence-electron chi connectivity index (χ2n) is 8.13. The van der Waals surface area contributed by atoms with E-state index in [1.807, 2.05) is 6.07 Å². The third-order valence-electron chi connectivity index (χ3n) is 6.12. The van der Waals surface area contributed by atoms with Crippen molar-refractivity contribution in [2.45, 2.75) is 25.2 Å². The van der Waals surface area contributed by atoms with E-state index in [-0.39, 0.29) is 23.5 Å². The minimum Gasteiger partial charge on any atom is -0.450 e. The number of alkyl halides is 3. The van der Waals surface area contributed by atoms with Crippen LogP contribution >= 0.6 is 0 Å². The molecule has 2 bridgehead atoms. The van der Waals surface area contributed by atoms with Crippen LogP contribution in [0, 0.1) is 5.92 Å². The van der Waals surface area contributed by atoms with Gasteiger partial charge in [0, 0.05) is 23.5 Å². The highest BCUT2D eigenvalue weighted by molar-refractivity contribution is 6.00. The number of amides is 1. The molecule has 0 aliphatic carbocycles. The van der Waals surface area contributed by atoms with E-state index >= 15 is 0 Å². The summed E-state index contributed by atoms with van der Waals surface area (Å²) >= 11 is 0. The van der Waals surface area contributed by atoms with Gasteiger partial charge in [0.05, 0.1) is 0 Å². The van der Waals surface area contributed by atoms with E-state index in [4.69, 9.17) is 4.42 Å². The predicted octanol–water partition coefficient (Wildman–Crippen LogP) is 4.82. The van der Waals surface area contributed by atoms with Crippen molar-refractivity contribution >= 4 is 16.9 Å². The molecule has 1 unspecified atom stereocenters. The summed E-state index contributed by atoms with van der Waals surface area (Å²) in [7, 11) is 0. The molecule has 162 valence electrons. The normalized spacial score (nSPS) is 23.1. The van der Waals surface area contributed by atoms with Crippen LogP contribution in [-0.4, -0.2) is 42.8 Å². The molecule has 31 heavy (non-hydrogen) atoms. The molecule has 3 saturated heterocycles. The van der Waals surface area contributed by atoms with Gasteiger partial charge >= 0.3 is 6.36 Å². The lowest BCUT2D eigenvalue weighted by molar-refractivity contribution is -0.274. The zero-order valence-electron chi connectivity index (χ0n) is 16.6. The number of para-hydroxylation sites is 1. The molecule has 1 N–H and O–H groups in total. The summed E-state index contributed by atoms with van der Waals surface area (Å²) in [4.78, 5) is 15.2. The summed E-state index contributed by atoms with van der Waals surface area (Å²) in [5.41, 5.74) is 1.55. The molecule has 1 aromatic heterocycles. The van der Waals surface area contributed by atoms with E-state index < -0.39 is 6.36 Å². The average Bonchev–Trinajstić information content (AvgIpc) is 3.18. The molecular formula is C23H21F3N2O3. The number of furan rings is 1. The van der Waals surface area contributed by atoms with Gasteiger partial charge in [-0.25, -0.2) is 0 Å². The first-order valence-electron chi connectivity index (χ1n) is 10.3. The van der Waals surface area contributed by atoms with Crippen LogP contribution in [0.4, 0.5) is 13.2 Å². The monoisotopic (exact) mass is 430 g/mol. The first-order valence-corrected chi connectivity index (χ1v) is 10.3. The van der Waals surface area contributed by atoms with Crippen LogP contribution in [0.3, 0.4) is 0 Å². The number of nitrogens with one attached hydrogen (secondary N) is 1. The Bertz CT molecular complexity index is 1120. The number of hydrogen-bond acceptors (Lipinski definition) is 4. The number of nitrogens with zero attached hydrogens (tertiary/aromatic N) is 1. The number of carbonyl (C=O) groups is 1. The van der Waals surface area contributed by atoms with Crippen molar-refractivity contribution in [1.82, 2.24) is 10.2 Å². The minimum atomic E-state index is -4.77. The Morgan fingerprint density at radius 3 is 2.58 bits per heavy atom. The third-order valence-corrected chi connectivity index (χ3v) is 6.12. The maximum absolute atomic E-state index is 12.8. The zero-order valence-corrected chi connectivity index (χ0v) is 16.6. The summed E-state index contributed by atoms with van der Waals surface area (Å²) in [5, 5.41) is 3.81. The summed E-state index contributed by atoms with van der Waals surface area (Å²) in [6.45, 7) is 3.03. The molecule has 4 heterocycles. The third kappa shape index (κ3) is 4.12. The van der Waals surface area contributed by atoms with Crippen LogP contribution in [0.15, 0.2) is 52.9 Å². The predicted molar refractivity (Wildman–Crippen MR) is 109 cm³/mol. The van der Waals surface area contributed by atoms with Crippen molar-refractivity contribution < 1.29 is 27.1 Å². The summed E-state index contributed by atoms with van der Waals surface area (Å²) in [5.74, 6) is 0.107. The molecule has 5 nitrogen and oxygen atoms in total. The van der Waals surface area contributed by atoms with Crippen molar-refractivity contribution in [3.63, 3.8) is 0 Å². The summed E-state index contributed by atoms with van der Waals surface area (Å²) in [6.07, 6.45) is -2.59. The molecule has 3 aliphatic rings. The highest BCUT2D eigenvalue weighted by Gasteiger charge is 2.35. The van der Waals surface area contributed by atoms with Gasteiger partial charge in [-0.1, -0.05) is 30.3 Å². The fourth-order valence-corrected chi connectivity index (χ4v) is 4.63. The average molecular weight is 430 g/mol. The van der Waals surface area contributed by atoms with E-state index in [0.29, 0.717) is 28.0 Å². The Morgan fingerprint density at radius 1 is 1.10 bits per heavy atom. The van der Waals surface area contributed by atoms with Gasteiger partial charge < -0.3 is 19.4 Å². The number of halogens is 3. The van der Waals surface area contributed by atoms with Crippen LogP contribution in [0.1, 0.15) is 23.4 Å². The van der Waals surface area contributed by atoms with Crippen molar-refractivity contribution in [1.29, 1.82) is 0 Å². The number of hydrogen-bond donors (Lipinski definition) is 1. The lowest BCUT2D eigenvalue weighted by Crippen LogP contribution is -2.57. The van der Waals surface area contributed by atoms with E-state index in [2.05, 4.69) is 15.0 Å². The highest BCUT2D eigenvalue weighted by Crippen LogP contribution is 2.34. The van der Waals surface area contributed by atoms with Crippen LogP contribution in [-0.2, 0) is 0 Å². The molecular weight excluding hydrogens is 409 g/mol. The quantitative estimate of drug-likeness (QED) is 0.645. The summed E-state index contributed by atoms with van der Waals surface area (Å²) in [6, 6.07) is 12.8. The molecule has 0 spiro atoms. The molecule has 1 amide bonds. The highest BCUT2D eigenvalue weighted by atomic mass is 19.4. The van der Waals surface area contributed by atoms with Gasteiger partial charge in [-0.3, -0.25) is 4.79 Å². The van der Waals surface area contributed by atoms with Gasteiger partial charge in [-0.05, 0) is 55.6 Å². The number of fused-ring (bicyclic) bond motifs is 4. The molecule has 6 rings (SSSR count). The zero-order chi connectivity index (χ0) is 21.6. The minimum absolute atomic E-state index is 0.110. The smallest absolute Gasteiger partial charge is 0.450 e. The fraction of sp³-hybridized carbons (Fsp3) is 0.348. The van der Waals surface area contributed by atoms with E-state index in [1.54, 1.807) is 24.3 Å². The molecule has 2 aromatic carbocycles. The van der Waals surface area contributed by atoms with Crippen molar-refractivity contribution in [3.8, 4) is 16.9 Å². The maximum atomic E-state index is 12.8. The number of rotatable bonds is 4. The van der Waals surface area contributed by atoms with E-state index in [1.165, 1.54) is 18.2 Å². The Balaban J connectivity index is 1.42. The number of piperidine rings is 3. The molecule has 3 aliphatic heterocycles. The number of carbonyl (C=O) groups excluding carboxylic acids is 1. The Labute approximate surface area is 176 Å². The first-order chi connectivity index (χ1) is 14.9. The van der Waals surface area contributed by atoms with Crippen LogP contribution in [0.5, 0.6) is 5.75 Å². The number of benzene rings is 2. The lowest BCUT2D eigenvalue weighted by Gasteiger charge is -2.44. The topological polar surface area (TPSA) is 54.7 Å². The van der Waals surface area contributed by atoms with Crippen molar-refractivity contribution in [2.24, 2.45) is 5.92 Å². The SMILES string of the molecule is O=C(NC1CN2CCC1CC2)c1cc2cccc(-c3cccc(OC(F)(F)F)c3)c2o1. The van der Waals surface area contributed by atoms with Crippen LogP contribution in [0.25, 0.3) is 22.1 Å². The fourth-order valence-electron chi connectivity index (χ4n) is 4.63. The molecule has 0 saturated carbocycles. The molecule has 0 radical (unpaired) electrons. The second kappa shape index (κ2) is 7.60. The summed E-state index contributed by atoms with van der Waals surface area (Å²) < 4.78 is 47.7. The van der Waals surface area contributed by atoms with Gasteiger partial charge in [0.15, 0.2) is 5.76 Å². The van der Waals surface area contributed by atoms with Crippen molar-refractivity contribution in [2.75, 3.05) is 19.6 Å². The lowest BCUT2D eigenvalue weighted by atomic mass is 9.84. The first kappa shape index (κ1) is 19.9. The van der Waals surface area contributed by atoms with Gasteiger partial charge in [-0.15, -0.1) is 13.2 Å². The van der Waals surface area contributed by atoms with Crippen LogP contribution < -0.4 is 10.1 Å². The Kier molecular flexibility index (Phi) is 4.89. The Morgan fingerprint density at radius 2 is 1.87 bits per heavy atom. The van der Waals surface area contributed by atoms with Gasteiger partial charge in [0.1, 0.15) is 11.3 Å². The standard InChI is InChI=1S/C23H21F3N2O3/c24-23(25,26)31-17-5-1-3-15(11-17)18-6-2-4-16-12-20(30-21(16)18)22(29)27-19-13-28-9-7-14(19)8-10-28/h1-6,11-12,14,19H,7-10,13H2,(H,27,29). The van der Waals surface area contributed by atoms with E-state index in [0.717, 1.165) is 32.5 Å². The van der Waals surface area contributed by atoms with Gasteiger partial charge in [0.25, 0.3) is 5.91 Å². The maximum Gasteiger partial charge on any atom is 0.573 e.